The minimum atomic E-state index is 0.233. The lowest BCUT2D eigenvalue weighted by molar-refractivity contribution is -0.131. The molecule has 1 saturated heterocycles. The van der Waals surface area contributed by atoms with E-state index in [2.05, 4.69) is 11.8 Å². The van der Waals surface area contributed by atoms with Crippen molar-refractivity contribution in [2.24, 2.45) is 5.92 Å². The third-order valence-corrected chi connectivity index (χ3v) is 4.26. The monoisotopic (exact) mass is 224 g/mol. The summed E-state index contributed by atoms with van der Waals surface area (Å²) in [4.78, 5) is 15.8. The molecule has 1 aliphatic carbocycles. The van der Waals surface area contributed by atoms with Crippen molar-refractivity contribution in [1.82, 2.24) is 9.80 Å². The van der Waals surface area contributed by atoms with Crippen molar-refractivity contribution in [3.8, 4) is 0 Å². The molecule has 0 N–H and O–H groups in total. The molecule has 3 nitrogen and oxygen atoms in total. The van der Waals surface area contributed by atoms with E-state index in [1.54, 1.807) is 6.92 Å². The molecule has 0 aromatic heterocycles. The Bertz CT molecular complexity index is 238. The molecule has 0 atom stereocenters. The largest absolute Gasteiger partial charge is 0.340 e. The van der Waals surface area contributed by atoms with E-state index in [4.69, 9.17) is 0 Å². The van der Waals surface area contributed by atoms with Crippen LogP contribution in [0.15, 0.2) is 0 Å². The lowest BCUT2D eigenvalue weighted by Gasteiger charge is -2.41. The number of hydrogen-bond donors (Lipinski definition) is 0. The molecule has 0 spiro atoms. The number of carbonyl (C=O) groups excluding carboxylic acids is 1. The normalized spacial score (nSPS) is 32.8. The summed E-state index contributed by atoms with van der Waals surface area (Å²) in [6.07, 6.45) is 5.50. The quantitative estimate of drug-likeness (QED) is 0.677. The minimum Gasteiger partial charge on any atom is -0.340 e. The van der Waals surface area contributed by atoms with Gasteiger partial charge in [-0.05, 0) is 31.6 Å². The van der Waals surface area contributed by atoms with Gasteiger partial charge in [-0.1, -0.05) is 6.92 Å². The van der Waals surface area contributed by atoms with Gasteiger partial charge < -0.3 is 4.90 Å². The maximum Gasteiger partial charge on any atom is 0.219 e. The zero-order valence-electron chi connectivity index (χ0n) is 10.6. The van der Waals surface area contributed by atoms with Crippen molar-refractivity contribution in [2.45, 2.75) is 45.6 Å². The van der Waals surface area contributed by atoms with Crippen LogP contribution in [0.2, 0.25) is 0 Å². The van der Waals surface area contributed by atoms with E-state index in [-0.39, 0.29) is 5.91 Å². The molecule has 1 heterocycles. The summed E-state index contributed by atoms with van der Waals surface area (Å²) in [5, 5.41) is 0. The number of hydrogen-bond acceptors (Lipinski definition) is 2. The van der Waals surface area contributed by atoms with Gasteiger partial charge in [0, 0.05) is 39.1 Å². The van der Waals surface area contributed by atoms with Crippen LogP contribution >= 0.6 is 0 Å². The van der Waals surface area contributed by atoms with Crippen LogP contribution in [0.1, 0.15) is 39.5 Å². The molecule has 0 aromatic rings. The predicted octanol–water partition coefficient (Wildman–Crippen LogP) is 1.73. The Labute approximate surface area is 98.8 Å². The van der Waals surface area contributed by atoms with Gasteiger partial charge in [0.15, 0.2) is 0 Å². The van der Waals surface area contributed by atoms with Gasteiger partial charge in [0.05, 0.1) is 0 Å². The Hall–Kier alpha value is -0.570. The van der Waals surface area contributed by atoms with Crippen LogP contribution in [0, 0.1) is 5.92 Å². The molecule has 16 heavy (non-hydrogen) atoms. The highest BCUT2D eigenvalue weighted by atomic mass is 16.2. The lowest BCUT2D eigenvalue weighted by Crippen LogP contribution is -2.52. The van der Waals surface area contributed by atoms with Gasteiger partial charge in [-0.15, -0.1) is 0 Å². The van der Waals surface area contributed by atoms with Crippen LogP contribution in [0.25, 0.3) is 0 Å². The highest BCUT2D eigenvalue weighted by molar-refractivity contribution is 5.73. The highest BCUT2D eigenvalue weighted by Crippen LogP contribution is 2.27. The Kier molecular flexibility index (Phi) is 3.85. The van der Waals surface area contributed by atoms with Crippen molar-refractivity contribution < 1.29 is 4.79 Å². The zero-order chi connectivity index (χ0) is 11.5. The van der Waals surface area contributed by atoms with Gasteiger partial charge in [-0.3, -0.25) is 9.69 Å². The van der Waals surface area contributed by atoms with E-state index in [0.717, 1.165) is 38.1 Å². The predicted molar refractivity (Wildman–Crippen MR) is 65.2 cm³/mol. The first-order chi connectivity index (χ1) is 7.66. The molecule has 1 saturated carbocycles. The summed E-state index contributed by atoms with van der Waals surface area (Å²) >= 11 is 0. The van der Waals surface area contributed by atoms with E-state index >= 15 is 0 Å². The van der Waals surface area contributed by atoms with E-state index in [1.165, 1.54) is 25.7 Å². The molecule has 92 valence electrons. The minimum absolute atomic E-state index is 0.233. The van der Waals surface area contributed by atoms with Gasteiger partial charge in [0.2, 0.25) is 5.91 Å². The van der Waals surface area contributed by atoms with Gasteiger partial charge in [0.25, 0.3) is 0 Å². The van der Waals surface area contributed by atoms with E-state index in [0.29, 0.717) is 0 Å². The molecule has 0 radical (unpaired) electrons. The smallest absolute Gasteiger partial charge is 0.219 e. The van der Waals surface area contributed by atoms with Crippen molar-refractivity contribution in [3.05, 3.63) is 0 Å². The van der Waals surface area contributed by atoms with Crippen LogP contribution in [0.3, 0.4) is 0 Å². The zero-order valence-corrected chi connectivity index (χ0v) is 10.6. The molecule has 2 rings (SSSR count). The first-order valence-electron chi connectivity index (χ1n) is 6.66. The summed E-state index contributed by atoms with van der Waals surface area (Å²) in [5.74, 6) is 1.16. The van der Waals surface area contributed by atoms with Crippen molar-refractivity contribution in [1.29, 1.82) is 0 Å². The number of nitrogens with zero attached hydrogens (tertiary/aromatic N) is 2. The lowest BCUT2D eigenvalue weighted by atomic mass is 9.86. The molecule has 0 aromatic carbocycles. The molecular weight excluding hydrogens is 200 g/mol. The van der Waals surface area contributed by atoms with Gasteiger partial charge in [-0.25, -0.2) is 0 Å². The first-order valence-corrected chi connectivity index (χ1v) is 6.66. The van der Waals surface area contributed by atoms with Crippen LogP contribution in [0.4, 0.5) is 0 Å². The molecule has 1 amide bonds. The fraction of sp³-hybridized carbons (Fsp3) is 0.923. The Balaban J connectivity index is 1.78. The second-order valence-corrected chi connectivity index (χ2v) is 5.46. The Morgan fingerprint density at radius 3 is 2.06 bits per heavy atom. The average Bonchev–Trinajstić information content (AvgIpc) is 2.30. The maximum absolute atomic E-state index is 11.2. The van der Waals surface area contributed by atoms with E-state index < -0.39 is 0 Å². The van der Waals surface area contributed by atoms with Crippen molar-refractivity contribution in [3.63, 3.8) is 0 Å². The average molecular weight is 224 g/mol. The Morgan fingerprint density at radius 1 is 1.00 bits per heavy atom. The summed E-state index contributed by atoms with van der Waals surface area (Å²) in [7, 11) is 0. The van der Waals surface area contributed by atoms with Crippen LogP contribution < -0.4 is 0 Å². The SMILES string of the molecule is CC(=O)N1CCN(C2CCC(C)CC2)CC1. The summed E-state index contributed by atoms with van der Waals surface area (Å²) in [6, 6.07) is 0.797. The highest BCUT2D eigenvalue weighted by Gasteiger charge is 2.27. The third kappa shape index (κ3) is 2.76. The van der Waals surface area contributed by atoms with Crippen molar-refractivity contribution in [2.75, 3.05) is 26.2 Å². The van der Waals surface area contributed by atoms with Gasteiger partial charge >= 0.3 is 0 Å². The summed E-state index contributed by atoms with van der Waals surface area (Å²) in [5.41, 5.74) is 0. The van der Waals surface area contributed by atoms with Gasteiger partial charge in [-0.2, -0.15) is 0 Å². The molecular formula is C13H24N2O. The fourth-order valence-corrected chi connectivity index (χ4v) is 3.01. The summed E-state index contributed by atoms with van der Waals surface area (Å²) < 4.78 is 0. The fourth-order valence-electron chi connectivity index (χ4n) is 3.01. The number of piperazine rings is 1. The first kappa shape index (κ1) is 11.9. The molecule has 2 aliphatic rings. The van der Waals surface area contributed by atoms with Crippen LogP contribution in [0.5, 0.6) is 0 Å². The van der Waals surface area contributed by atoms with Crippen LogP contribution in [-0.2, 0) is 4.79 Å². The van der Waals surface area contributed by atoms with Crippen molar-refractivity contribution >= 4 is 5.91 Å². The number of carbonyl (C=O) groups is 1. The molecule has 0 bridgehead atoms. The number of amides is 1. The second kappa shape index (κ2) is 5.17. The number of rotatable bonds is 1. The standard InChI is InChI=1S/C13H24N2O/c1-11-3-5-13(6-4-11)15-9-7-14(8-10-15)12(2)16/h11,13H,3-10H2,1-2H3. The Morgan fingerprint density at radius 2 is 1.56 bits per heavy atom. The van der Waals surface area contributed by atoms with E-state index in [9.17, 15) is 4.79 Å². The molecule has 1 aliphatic heterocycles. The van der Waals surface area contributed by atoms with E-state index in [1.807, 2.05) is 4.90 Å². The summed E-state index contributed by atoms with van der Waals surface area (Å²) in [6.45, 7) is 8.07. The molecule has 2 fully saturated rings. The van der Waals surface area contributed by atoms with Crippen LogP contribution in [-0.4, -0.2) is 47.9 Å². The third-order valence-electron chi connectivity index (χ3n) is 4.26. The molecule has 3 heteroatoms. The van der Waals surface area contributed by atoms with Gasteiger partial charge in [0.1, 0.15) is 0 Å². The topological polar surface area (TPSA) is 23.6 Å². The molecule has 0 unspecified atom stereocenters. The maximum atomic E-state index is 11.2. The second-order valence-electron chi connectivity index (χ2n) is 5.46.